The van der Waals surface area contributed by atoms with E-state index in [4.69, 9.17) is 0 Å². The predicted octanol–water partition coefficient (Wildman–Crippen LogP) is 4.72. The SMILES string of the molecule is CCc1ccc(CC(C(C)C)C(C)C)cc1. The van der Waals surface area contributed by atoms with Crippen molar-refractivity contribution in [2.45, 2.75) is 47.5 Å². The van der Waals surface area contributed by atoms with Gasteiger partial charge in [0.1, 0.15) is 0 Å². The van der Waals surface area contributed by atoms with E-state index < -0.39 is 0 Å². The van der Waals surface area contributed by atoms with Crippen LogP contribution in [0.1, 0.15) is 45.7 Å². The molecule has 0 spiro atoms. The molecule has 0 aliphatic carbocycles. The molecule has 0 atom stereocenters. The molecule has 0 amide bonds. The second-order valence-corrected chi connectivity index (χ2v) is 5.53. The molecule has 0 N–H and O–H groups in total. The topological polar surface area (TPSA) is 0 Å². The van der Waals surface area contributed by atoms with Crippen molar-refractivity contribution in [2.75, 3.05) is 0 Å². The molecule has 0 heterocycles. The van der Waals surface area contributed by atoms with Gasteiger partial charge in [-0.25, -0.2) is 0 Å². The Morgan fingerprint density at radius 2 is 1.25 bits per heavy atom. The van der Waals surface area contributed by atoms with Gasteiger partial charge < -0.3 is 0 Å². The summed E-state index contributed by atoms with van der Waals surface area (Å²) in [5, 5.41) is 0. The largest absolute Gasteiger partial charge is 0.0625 e. The first kappa shape index (κ1) is 13.3. The van der Waals surface area contributed by atoms with E-state index in [0.717, 1.165) is 24.2 Å². The summed E-state index contributed by atoms with van der Waals surface area (Å²) < 4.78 is 0. The van der Waals surface area contributed by atoms with Gasteiger partial charge in [-0.15, -0.1) is 0 Å². The molecule has 0 radical (unpaired) electrons. The van der Waals surface area contributed by atoms with Crippen LogP contribution in [0.5, 0.6) is 0 Å². The van der Waals surface area contributed by atoms with Gasteiger partial charge in [0.15, 0.2) is 0 Å². The highest BCUT2D eigenvalue weighted by atomic mass is 14.2. The molecule has 0 aromatic heterocycles. The van der Waals surface area contributed by atoms with Crippen molar-refractivity contribution in [2.24, 2.45) is 17.8 Å². The second kappa shape index (κ2) is 6.08. The molecule has 1 rings (SSSR count). The lowest BCUT2D eigenvalue weighted by molar-refractivity contribution is 0.286. The van der Waals surface area contributed by atoms with Gasteiger partial charge in [0.2, 0.25) is 0 Å². The van der Waals surface area contributed by atoms with E-state index in [1.165, 1.54) is 17.5 Å². The van der Waals surface area contributed by atoms with Gasteiger partial charge in [0.25, 0.3) is 0 Å². The zero-order chi connectivity index (χ0) is 12.1. The Bertz CT molecular complexity index is 284. The number of hydrogen-bond acceptors (Lipinski definition) is 0. The van der Waals surface area contributed by atoms with Crippen LogP contribution >= 0.6 is 0 Å². The van der Waals surface area contributed by atoms with Crippen LogP contribution in [0.25, 0.3) is 0 Å². The predicted molar refractivity (Wildman–Crippen MR) is 72.7 cm³/mol. The summed E-state index contributed by atoms with van der Waals surface area (Å²) in [4.78, 5) is 0. The number of hydrogen-bond donors (Lipinski definition) is 0. The Labute approximate surface area is 101 Å². The Balaban J connectivity index is 2.70. The van der Waals surface area contributed by atoms with Crippen LogP contribution in [-0.2, 0) is 12.8 Å². The van der Waals surface area contributed by atoms with E-state index in [0.29, 0.717) is 0 Å². The summed E-state index contributed by atoms with van der Waals surface area (Å²) in [6.07, 6.45) is 2.36. The van der Waals surface area contributed by atoms with Crippen molar-refractivity contribution in [3.63, 3.8) is 0 Å². The van der Waals surface area contributed by atoms with Gasteiger partial charge in [0.05, 0.1) is 0 Å². The Morgan fingerprint density at radius 1 is 0.812 bits per heavy atom. The summed E-state index contributed by atoms with van der Waals surface area (Å²) in [6.45, 7) is 11.6. The number of benzene rings is 1. The quantitative estimate of drug-likeness (QED) is 0.671. The van der Waals surface area contributed by atoms with E-state index in [-0.39, 0.29) is 0 Å². The Kier molecular flexibility index (Phi) is 5.05. The molecular formula is C16H26. The van der Waals surface area contributed by atoms with Gasteiger partial charge in [-0.2, -0.15) is 0 Å². The third-order valence-electron chi connectivity index (χ3n) is 3.62. The van der Waals surface area contributed by atoms with Crippen LogP contribution in [0.3, 0.4) is 0 Å². The average molecular weight is 218 g/mol. The Hall–Kier alpha value is -0.780. The zero-order valence-electron chi connectivity index (χ0n) is 11.5. The lowest BCUT2D eigenvalue weighted by Gasteiger charge is -2.25. The van der Waals surface area contributed by atoms with Crippen molar-refractivity contribution >= 4 is 0 Å². The van der Waals surface area contributed by atoms with Crippen molar-refractivity contribution in [3.05, 3.63) is 35.4 Å². The van der Waals surface area contributed by atoms with E-state index in [1.807, 2.05) is 0 Å². The summed E-state index contributed by atoms with van der Waals surface area (Å²) in [6, 6.07) is 9.15. The van der Waals surface area contributed by atoms with Crippen molar-refractivity contribution in [1.82, 2.24) is 0 Å². The fraction of sp³-hybridized carbons (Fsp3) is 0.625. The highest BCUT2D eigenvalue weighted by molar-refractivity contribution is 5.22. The van der Waals surface area contributed by atoms with E-state index in [1.54, 1.807) is 0 Å². The maximum Gasteiger partial charge on any atom is -0.0245 e. The van der Waals surface area contributed by atoms with Crippen LogP contribution in [0.4, 0.5) is 0 Å². The summed E-state index contributed by atoms with van der Waals surface area (Å²) in [7, 11) is 0. The molecule has 1 aromatic carbocycles. The molecule has 0 aliphatic rings. The van der Waals surface area contributed by atoms with Crippen LogP contribution in [-0.4, -0.2) is 0 Å². The Morgan fingerprint density at radius 3 is 1.62 bits per heavy atom. The lowest BCUT2D eigenvalue weighted by atomic mass is 9.81. The van der Waals surface area contributed by atoms with E-state index in [2.05, 4.69) is 58.9 Å². The monoisotopic (exact) mass is 218 g/mol. The fourth-order valence-electron chi connectivity index (χ4n) is 2.42. The lowest BCUT2D eigenvalue weighted by Crippen LogP contribution is -2.18. The number of aryl methyl sites for hydroxylation is 1. The molecule has 0 saturated carbocycles. The van der Waals surface area contributed by atoms with Gasteiger partial charge in [0, 0.05) is 0 Å². The van der Waals surface area contributed by atoms with E-state index in [9.17, 15) is 0 Å². The summed E-state index contributed by atoms with van der Waals surface area (Å²) >= 11 is 0. The standard InChI is InChI=1S/C16H26/c1-6-14-7-9-15(10-8-14)11-16(12(2)3)13(4)5/h7-10,12-13,16H,6,11H2,1-5H3. The number of rotatable bonds is 5. The first-order valence-electron chi connectivity index (χ1n) is 6.62. The van der Waals surface area contributed by atoms with Crippen molar-refractivity contribution < 1.29 is 0 Å². The molecule has 0 bridgehead atoms. The van der Waals surface area contributed by atoms with Gasteiger partial charge in [-0.05, 0) is 41.7 Å². The normalized spacial score (nSPS) is 11.8. The molecule has 0 heteroatoms. The minimum Gasteiger partial charge on any atom is -0.0625 e. The highest BCUT2D eigenvalue weighted by Crippen LogP contribution is 2.25. The average Bonchev–Trinajstić information content (AvgIpc) is 2.25. The van der Waals surface area contributed by atoms with Crippen molar-refractivity contribution in [1.29, 1.82) is 0 Å². The van der Waals surface area contributed by atoms with Crippen LogP contribution < -0.4 is 0 Å². The summed E-state index contributed by atoms with van der Waals surface area (Å²) in [5.74, 6) is 2.34. The third kappa shape index (κ3) is 3.66. The maximum absolute atomic E-state index is 2.34. The fourth-order valence-corrected chi connectivity index (χ4v) is 2.42. The minimum absolute atomic E-state index is 0.769. The molecule has 16 heavy (non-hydrogen) atoms. The van der Waals surface area contributed by atoms with Crippen LogP contribution in [0.15, 0.2) is 24.3 Å². The highest BCUT2D eigenvalue weighted by Gasteiger charge is 2.17. The molecule has 0 nitrogen and oxygen atoms in total. The molecule has 0 aliphatic heterocycles. The zero-order valence-corrected chi connectivity index (χ0v) is 11.5. The van der Waals surface area contributed by atoms with Crippen LogP contribution in [0.2, 0.25) is 0 Å². The molecule has 90 valence electrons. The molecule has 1 aromatic rings. The molecule has 0 saturated heterocycles. The van der Waals surface area contributed by atoms with Gasteiger partial charge in [-0.3, -0.25) is 0 Å². The molecular weight excluding hydrogens is 192 g/mol. The van der Waals surface area contributed by atoms with Crippen molar-refractivity contribution in [3.8, 4) is 0 Å². The smallest absolute Gasteiger partial charge is 0.0245 e. The summed E-state index contributed by atoms with van der Waals surface area (Å²) in [5.41, 5.74) is 2.93. The minimum atomic E-state index is 0.769. The third-order valence-corrected chi connectivity index (χ3v) is 3.62. The second-order valence-electron chi connectivity index (χ2n) is 5.53. The first-order chi connectivity index (χ1) is 7.54. The first-order valence-corrected chi connectivity index (χ1v) is 6.62. The van der Waals surface area contributed by atoms with Crippen LogP contribution in [0, 0.1) is 17.8 Å². The van der Waals surface area contributed by atoms with Gasteiger partial charge >= 0.3 is 0 Å². The van der Waals surface area contributed by atoms with Gasteiger partial charge in [-0.1, -0.05) is 58.9 Å². The van der Waals surface area contributed by atoms with E-state index >= 15 is 0 Å². The molecule has 0 fully saturated rings. The molecule has 0 unspecified atom stereocenters. The maximum atomic E-state index is 2.34.